The highest BCUT2D eigenvalue weighted by atomic mass is 32.1. The molecule has 1 fully saturated rings. The first-order valence-corrected chi connectivity index (χ1v) is 11.2. The molecule has 0 spiro atoms. The Morgan fingerprint density at radius 3 is 2.61 bits per heavy atom. The van der Waals surface area contributed by atoms with Crippen LogP contribution in [0.15, 0.2) is 35.5 Å². The number of benzene rings is 1. The minimum Gasteiger partial charge on any atom is -0.372 e. The van der Waals surface area contributed by atoms with E-state index in [4.69, 9.17) is 0 Å². The molecule has 0 aliphatic carbocycles. The van der Waals surface area contributed by atoms with E-state index < -0.39 is 0 Å². The van der Waals surface area contributed by atoms with Gasteiger partial charge in [-0.05, 0) is 42.9 Å². The fourth-order valence-corrected chi connectivity index (χ4v) is 4.27. The summed E-state index contributed by atoms with van der Waals surface area (Å²) in [5.74, 6) is 1.70. The zero-order valence-corrected chi connectivity index (χ0v) is 18.2. The van der Waals surface area contributed by atoms with Gasteiger partial charge in [-0.1, -0.05) is 26.0 Å². The maximum Gasteiger partial charge on any atom is 0.191 e. The number of rotatable bonds is 7. The lowest BCUT2D eigenvalue weighted by Crippen LogP contribution is -2.37. The van der Waals surface area contributed by atoms with Gasteiger partial charge < -0.3 is 15.5 Å². The molecule has 2 aromatic rings. The number of aromatic nitrogens is 1. The molecule has 1 aliphatic rings. The highest BCUT2D eigenvalue weighted by Crippen LogP contribution is 2.23. The average Bonchev–Trinajstić information content (AvgIpc) is 3.19. The summed E-state index contributed by atoms with van der Waals surface area (Å²) in [6.45, 7) is 8.48. The molecule has 0 saturated carbocycles. The van der Waals surface area contributed by atoms with Crippen LogP contribution >= 0.6 is 11.3 Å². The van der Waals surface area contributed by atoms with Gasteiger partial charge in [0.1, 0.15) is 0 Å². The fraction of sp³-hybridized carbons (Fsp3) is 0.545. The average molecular weight is 400 g/mol. The maximum absolute atomic E-state index is 4.47. The predicted molar refractivity (Wildman–Crippen MR) is 120 cm³/mol. The van der Waals surface area contributed by atoms with Crippen LogP contribution in [0.5, 0.6) is 0 Å². The van der Waals surface area contributed by atoms with Crippen LogP contribution in [0.4, 0.5) is 5.69 Å². The Kier molecular flexibility index (Phi) is 7.71. The number of aryl methyl sites for hydroxylation is 1. The fourth-order valence-electron chi connectivity index (χ4n) is 3.41. The Hall–Kier alpha value is -2.08. The molecule has 0 radical (unpaired) electrons. The first-order chi connectivity index (χ1) is 13.7. The van der Waals surface area contributed by atoms with E-state index in [0.717, 1.165) is 37.8 Å². The Labute approximate surface area is 173 Å². The highest BCUT2D eigenvalue weighted by molar-refractivity contribution is 7.11. The van der Waals surface area contributed by atoms with Crippen molar-refractivity contribution in [1.82, 2.24) is 15.6 Å². The van der Waals surface area contributed by atoms with Crippen LogP contribution in [0.2, 0.25) is 0 Å². The number of hydrogen-bond acceptors (Lipinski definition) is 4. The van der Waals surface area contributed by atoms with E-state index in [1.165, 1.54) is 47.1 Å². The van der Waals surface area contributed by atoms with Gasteiger partial charge in [0.2, 0.25) is 0 Å². The van der Waals surface area contributed by atoms with Gasteiger partial charge in [-0.3, -0.25) is 4.99 Å². The number of piperidine rings is 1. The molecule has 6 heteroatoms. The lowest BCUT2D eigenvalue weighted by molar-refractivity contribution is 0.438. The van der Waals surface area contributed by atoms with E-state index in [0.29, 0.717) is 0 Å². The molecule has 5 nitrogen and oxygen atoms in total. The summed E-state index contributed by atoms with van der Waals surface area (Å²) in [6.07, 6.45) is 6.57. The molecule has 1 saturated heterocycles. The van der Waals surface area contributed by atoms with Gasteiger partial charge in [-0.15, -0.1) is 11.3 Å². The molecular formula is C22H33N5S. The van der Waals surface area contributed by atoms with Crippen molar-refractivity contribution in [1.29, 1.82) is 0 Å². The smallest absolute Gasteiger partial charge is 0.191 e. The van der Waals surface area contributed by atoms with Crippen molar-refractivity contribution >= 4 is 23.0 Å². The molecule has 0 bridgehead atoms. The lowest BCUT2D eigenvalue weighted by atomic mass is 9.99. The van der Waals surface area contributed by atoms with Crippen LogP contribution < -0.4 is 15.5 Å². The van der Waals surface area contributed by atoms with Gasteiger partial charge >= 0.3 is 0 Å². The first-order valence-electron chi connectivity index (χ1n) is 10.4. The quantitative estimate of drug-likeness (QED) is 0.548. The summed E-state index contributed by atoms with van der Waals surface area (Å²) < 4.78 is 0. The van der Waals surface area contributed by atoms with Crippen molar-refractivity contribution in [2.75, 3.05) is 31.6 Å². The van der Waals surface area contributed by atoms with Gasteiger partial charge in [0.05, 0.1) is 5.01 Å². The second kappa shape index (κ2) is 10.5. The van der Waals surface area contributed by atoms with E-state index in [1.54, 1.807) is 11.3 Å². The van der Waals surface area contributed by atoms with Crippen LogP contribution in [-0.2, 0) is 19.4 Å². The SMILES string of the molecule is CCc1cnc(CCNC(=NC)NCc2ccc(N3CCC(C)CC3)cc2)s1. The van der Waals surface area contributed by atoms with Gasteiger partial charge in [0, 0.05) is 56.4 Å². The van der Waals surface area contributed by atoms with E-state index in [2.05, 4.69) is 63.6 Å². The molecule has 0 amide bonds. The molecule has 1 aromatic carbocycles. The summed E-state index contributed by atoms with van der Waals surface area (Å²) in [7, 11) is 1.81. The van der Waals surface area contributed by atoms with Crippen LogP contribution in [0.3, 0.4) is 0 Å². The standard InChI is InChI=1S/C22H33N5S/c1-4-20-16-25-21(28-20)9-12-24-22(23-3)26-15-18-5-7-19(8-6-18)27-13-10-17(2)11-14-27/h5-8,16-17H,4,9-15H2,1-3H3,(H2,23,24,26). The maximum atomic E-state index is 4.47. The Bertz CT molecular complexity index is 745. The molecule has 28 heavy (non-hydrogen) atoms. The van der Waals surface area contributed by atoms with Crippen LogP contribution in [0.25, 0.3) is 0 Å². The van der Waals surface area contributed by atoms with Crippen molar-refractivity contribution in [2.45, 2.75) is 46.1 Å². The number of hydrogen-bond donors (Lipinski definition) is 2. The first kappa shape index (κ1) is 20.6. The Morgan fingerprint density at radius 2 is 1.96 bits per heavy atom. The topological polar surface area (TPSA) is 52.6 Å². The number of guanidine groups is 1. The molecule has 0 atom stereocenters. The zero-order chi connectivity index (χ0) is 19.8. The molecular weight excluding hydrogens is 366 g/mol. The molecule has 1 aliphatic heterocycles. The number of anilines is 1. The van der Waals surface area contributed by atoms with Crippen LogP contribution in [0.1, 0.15) is 42.1 Å². The van der Waals surface area contributed by atoms with Gasteiger partial charge in [0.15, 0.2) is 5.96 Å². The predicted octanol–water partition coefficient (Wildman–Crippen LogP) is 3.85. The zero-order valence-electron chi connectivity index (χ0n) is 17.4. The van der Waals surface area contributed by atoms with E-state index in [-0.39, 0.29) is 0 Å². The lowest BCUT2D eigenvalue weighted by Gasteiger charge is -2.32. The van der Waals surface area contributed by atoms with Crippen LogP contribution in [0, 0.1) is 5.92 Å². The molecule has 3 rings (SSSR count). The van der Waals surface area contributed by atoms with E-state index in [1.807, 2.05) is 13.2 Å². The third kappa shape index (κ3) is 5.96. The van der Waals surface area contributed by atoms with Gasteiger partial charge in [-0.25, -0.2) is 4.98 Å². The Morgan fingerprint density at radius 1 is 1.21 bits per heavy atom. The number of nitrogens with one attached hydrogen (secondary N) is 2. The second-order valence-corrected chi connectivity index (χ2v) is 8.71. The minimum absolute atomic E-state index is 0.772. The minimum atomic E-state index is 0.772. The summed E-state index contributed by atoms with van der Waals surface area (Å²) in [5.41, 5.74) is 2.61. The van der Waals surface area contributed by atoms with Gasteiger partial charge in [0.25, 0.3) is 0 Å². The van der Waals surface area contributed by atoms with E-state index >= 15 is 0 Å². The van der Waals surface area contributed by atoms with Crippen molar-refractivity contribution in [3.63, 3.8) is 0 Å². The summed E-state index contributed by atoms with van der Waals surface area (Å²) in [4.78, 5) is 12.6. The normalized spacial score (nSPS) is 15.7. The highest BCUT2D eigenvalue weighted by Gasteiger charge is 2.15. The molecule has 0 unspecified atom stereocenters. The molecule has 152 valence electrons. The van der Waals surface area contributed by atoms with Gasteiger partial charge in [-0.2, -0.15) is 0 Å². The molecule has 2 heterocycles. The van der Waals surface area contributed by atoms with Crippen molar-refractivity contribution in [3.05, 3.63) is 45.9 Å². The van der Waals surface area contributed by atoms with E-state index in [9.17, 15) is 0 Å². The summed E-state index contributed by atoms with van der Waals surface area (Å²) >= 11 is 1.80. The summed E-state index contributed by atoms with van der Waals surface area (Å²) in [6, 6.07) is 8.93. The number of nitrogens with zero attached hydrogens (tertiary/aromatic N) is 3. The van der Waals surface area contributed by atoms with Crippen molar-refractivity contribution in [2.24, 2.45) is 10.9 Å². The largest absolute Gasteiger partial charge is 0.372 e. The third-order valence-corrected chi connectivity index (χ3v) is 6.55. The number of aliphatic imine (C=N–C) groups is 1. The van der Waals surface area contributed by atoms with Crippen molar-refractivity contribution in [3.8, 4) is 0 Å². The molecule has 1 aromatic heterocycles. The molecule has 2 N–H and O–H groups in total. The Balaban J connectivity index is 1.41. The third-order valence-electron chi connectivity index (χ3n) is 5.35. The summed E-state index contributed by atoms with van der Waals surface area (Å²) in [5, 5.41) is 7.96. The number of thiazole rings is 1. The van der Waals surface area contributed by atoms with Crippen molar-refractivity contribution < 1.29 is 0 Å². The monoisotopic (exact) mass is 399 g/mol. The van der Waals surface area contributed by atoms with Crippen LogP contribution in [-0.4, -0.2) is 37.6 Å². The second-order valence-electron chi connectivity index (χ2n) is 7.51.